The molecule has 2 aliphatic rings. The molecule has 2 saturated heterocycles. The Morgan fingerprint density at radius 3 is 2.43 bits per heavy atom. The highest BCUT2D eigenvalue weighted by atomic mass is 15.4. The maximum absolute atomic E-state index is 4.92. The number of guanidine groups is 1. The first-order chi connectivity index (χ1) is 10.8. The summed E-state index contributed by atoms with van der Waals surface area (Å²) in [6.07, 6.45) is 1.27. The average Bonchev–Trinajstić information content (AvgIpc) is 2.69. The maximum atomic E-state index is 4.92. The number of likely N-dealkylation sites (tertiary alicyclic amines) is 1. The highest BCUT2D eigenvalue weighted by Gasteiger charge is 2.53. The van der Waals surface area contributed by atoms with Crippen LogP contribution in [0.5, 0.6) is 0 Å². The van der Waals surface area contributed by atoms with Crippen LogP contribution in [-0.2, 0) is 0 Å². The number of hydrogen-bond donors (Lipinski definition) is 1. The van der Waals surface area contributed by atoms with Crippen molar-refractivity contribution in [3.63, 3.8) is 0 Å². The molecule has 1 N–H and O–H groups in total. The van der Waals surface area contributed by atoms with Crippen LogP contribution in [0.25, 0.3) is 0 Å². The van der Waals surface area contributed by atoms with E-state index >= 15 is 0 Å². The third-order valence-corrected chi connectivity index (χ3v) is 5.96. The van der Waals surface area contributed by atoms with Crippen LogP contribution in [-0.4, -0.2) is 85.6 Å². The Hall–Kier alpha value is -0.810. The first kappa shape index (κ1) is 18.5. The number of hydrogen-bond acceptors (Lipinski definition) is 3. The second-order valence-electron chi connectivity index (χ2n) is 8.26. The molecule has 2 aliphatic heterocycles. The van der Waals surface area contributed by atoms with Gasteiger partial charge in [-0.25, -0.2) is 0 Å². The summed E-state index contributed by atoms with van der Waals surface area (Å²) in [6, 6.07) is 0. The fourth-order valence-corrected chi connectivity index (χ4v) is 3.42. The van der Waals surface area contributed by atoms with Gasteiger partial charge in [0.1, 0.15) is 0 Å². The smallest absolute Gasteiger partial charge is 0.194 e. The average molecular weight is 324 g/mol. The van der Waals surface area contributed by atoms with Crippen LogP contribution < -0.4 is 5.32 Å². The number of rotatable bonds is 4. The lowest BCUT2D eigenvalue weighted by Crippen LogP contribution is -2.72. The van der Waals surface area contributed by atoms with Gasteiger partial charge in [-0.1, -0.05) is 13.8 Å². The molecule has 23 heavy (non-hydrogen) atoms. The SMILES string of the molecule is CCNC(=NCCN1CCCN(C)CC1)N1CC(C)(C)C1(C)C. The van der Waals surface area contributed by atoms with Gasteiger partial charge in [-0.05, 0) is 47.3 Å². The van der Waals surface area contributed by atoms with Crippen molar-refractivity contribution < 1.29 is 0 Å². The third-order valence-electron chi connectivity index (χ3n) is 5.96. The molecule has 5 heteroatoms. The largest absolute Gasteiger partial charge is 0.356 e. The molecule has 0 radical (unpaired) electrons. The van der Waals surface area contributed by atoms with Crippen molar-refractivity contribution in [2.45, 2.75) is 46.6 Å². The molecule has 2 rings (SSSR count). The van der Waals surface area contributed by atoms with Crippen molar-refractivity contribution in [1.29, 1.82) is 0 Å². The molecule has 0 bridgehead atoms. The first-order valence-corrected chi connectivity index (χ1v) is 9.25. The van der Waals surface area contributed by atoms with Gasteiger partial charge in [0, 0.05) is 43.7 Å². The van der Waals surface area contributed by atoms with Crippen molar-refractivity contribution >= 4 is 5.96 Å². The molecule has 0 unspecified atom stereocenters. The fourth-order valence-electron chi connectivity index (χ4n) is 3.42. The Kier molecular flexibility index (Phi) is 5.95. The zero-order valence-corrected chi connectivity index (χ0v) is 16.2. The summed E-state index contributed by atoms with van der Waals surface area (Å²) >= 11 is 0. The Balaban J connectivity index is 1.90. The second kappa shape index (κ2) is 7.39. The number of nitrogens with one attached hydrogen (secondary N) is 1. The van der Waals surface area contributed by atoms with Crippen LogP contribution in [0.1, 0.15) is 41.0 Å². The minimum absolute atomic E-state index is 0.166. The lowest BCUT2D eigenvalue weighted by atomic mass is 9.65. The molecule has 0 aromatic heterocycles. The zero-order valence-electron chi connectivity index (χ0n) is 16.2. The quantitative estimate of drug-likeness (QED) is 0.631. The molecule has 5 nitrogen and oxygen atoms in total. The standard InChI is InChI=1S/C18H37N5/c1-7-19-16(23-15-17(2,3)18(23,4)5)20-9-12-22-11-8-10-21(6)13-14-22/h7-15H2,1-6H3,(H,19,20). The van der Waals surface area contributed by atoms with Gasteiger partial charge in [0.05, 0.1) is 6.54 Å². The topological polar surface area (TPSA) is 34.1 Å². The molecule has 0 aliphatic carbocycles. The van der Waals surface area contributed by atoms with E-state index in [4.69, 9.17) is 4.99 Å². The van der Waals surface area contributed by atoms with E-state index in [1.54, 1.807) is 0 Å². The van der Waals surface area contributed by atoms with E-state index in [-0.39, 0.29) is 5.54 Å². The van der Waals surface area contributed by atoms with Gasteiger partial charge < -0.3 is 20.0 Å². The van der Waals surface area contributed by atoms with Crippen molar-refractivity contribution in [2.24, 2.45) is 10.4 Å². The van der Waals surface area contributed by atoms with E-state index in [1.807, 2.05) is 0 Å². The zero-order chi connectivity index (χ0) is 17.1. The van der Waals surface area contributed by atoms with E-state index in [0.29, 0.717) is 5.41 Å². The minimum Gasteiger partial charge on any atom is -0.356 e. The van der Waals surface area contributed by atoms with Crippen molar-refractivity contribution in [2.75, 3.05) is 59.4 Å². The second-order valence-corrected chi connectivity index (χ2v) is 8.26. The molecular weight excluding hydrogens is 286 g/mol. The maximum Gasteiger partial charge on any atom is 0.194 e. The van der Waals surface area contributed by atoms with E-state index < -0.39 is 0 Å². The summed E-state index contributed by atoms with van der Waals surface area (Å²) in [5.41, 5.74) is 0.512. The molecule has 0 saturated carbocycles. The molecule has 0 spiro atoms. The molecule has 0 amide bonds. The van der Waals surface area contributed by atoms with E-state index in [0.717, 1.165) is 32.1 Å². The minimum atomic E-state index is 0.166. The van der Waals surface area contributed by atoms with Crippen LogP contribution in [0.4, 0.5) is 0 Å². The van der Waals surface area contributed by atoms with Crippen LogP contribution in [0.2, 0.25) is 0 Å². The van der Waals surface area contributed by atoms with Crippen LogP contribution in [0.15, 0.2) is 4.99 Å². The first-order valence-electron chi connectivity index (χ1n) is 9.25. The molecule has 0 aromatic rings. The van der Waals surface area contributed by atoms with E-state index in [9.17, 15) is 0 Å². The summed E-state index contributed by atoms with van der Waals surface area (Å²) in [7, 11) is 2.22. The molecular formula is C18H37N5. The number of nitrogens with zero attached hydrogens (tertiary/aromatic N) is 4. The summed E-state index contributed by atoms with van der Waals surface area (Å²) in [5.74, 6) is 1.09. The summed E-state index contributed by atoms with van der Waals surface area (Å²) in [6.45, 7) is 20.3. The van der Waals surface area contributed by atoms with E-state index in [1.165, 1.54) is 32.6 Å². The Labute approximate surface area is 143 Å². The van der Waals surface area contributed by atoms with Crippen molar-refractivity contribution in [1.82, 2.24) is 20.0 Å². The van der Waals surface area contributed by atoms with Gasteiger partial charge >= 0.3 is 0 Å². The van der Waals surface area contributed by atoms with Crippen molar-refractivity contribution in [3.8, 4) is 0 Å². The van der Waals surface area contributed by atoms with Crippen LogP contribution in [0, 0.1) is 5.41 Å². The Bertz CT molecular complexity index is 416. The summed E-state index contributed by atoms with van der Waals surface area (Å²) < 4.78 is 0. The highest BCUT2D eigenvalue weighted by Crippen LogP contribution is 2.46. The fraction of sp³-hybridized carbons (Fsp3) is 0.944. The number of aliphatic imine (C=N–C) groups is 1. The number of likely N-dealkylation sites (N-methyl/N-ethyl adjacent to an activating group) is 1. The Morgan fingerprint density at radius 2 is 1.83 bits per heavy atom. The van der Waals surface area contributed by atoms with Crippen LogP contribution in [0.3, 0.4) is 0 Å². The lowest BCUT2D eigenvalue weighted by molar-refractivity contribution is -0.0667. The van der Waals surface area contributed by atoms with Gasteiger partial charge in [0.15, 0.2) is 5.96 Å². The monoisotopic (exact) mass is 323 g/mol. The highest BCUT2D eigenvalue weighted by molar-refractivity contribution is 5.82. The third kappa shape index (κ3) is 4.18. The van der Waals surface area contributed by atoms with Gasteiger partial charge in [-0.15, -0.1) is 0 Å². The van der Waals surface area contributed by atoms with Crippen molar-refractivity contribution in [3.05, 3.63) is 0 Å². The normalized spacial score (nSPS) is 25.8. The molecule has 0 atom stereocenters. The van der Waals surface area contributed by atoms with Crippen LogP contribution >= 0.6 is 0 Å². The van der Waals surface area contributed by atoms with Gasteiger partial charge in [0.25, 0.3) is 0 Å². The molecule has 0 aromatic carbocycles. The lowest BCUT2D eigenvalue weighted by Gasteiger charge is -2.62. The predicted molar refractivity (Wildman–Crippen MR) is 99.1 cm³/mol. The Morgan fingerprint density at radius 1 is 1.09 bits per heavy atom. The van der Waals surface area contributed by atoms with Gasteiger partial charge in [-0.3, -0.25) is 4.99 Å². The predicted octanol–water partition coefficient (Wildman–Crippen LogP) is 1.71. The van der Waals surface area contributed by atoms with Gasteiger partial charge in [0.2, 0.25) is 0 Å². The summed E-state index contributed by atoms with van der Waals surface area (Å²) in [4.78, 5) is 12.3. The van der Waals surface area contributed by atoms with E-state index in [2.05, 4.69) is 61.7 Å². The molecule has 134 valence electrons. The van der Waals surface area contributed by atoms with Gasteiger partial charge in [-0.2, -0.15) is 0 Å². The molecule has 2 fully saturated rings. The molecule has 2 heterocycles. The summed E-state index contributed by atoms with van der Waals surface area (Å²) in [5, 5.41) is 3.48.